The van der Waals surface area contributed by atoms with E-state index in [0.717, 1.165) is 122 Å². The van der Waals surface area contributed by atoms with Gasteiger partial charge in [-0.1, -0.05) is 224 Å². The van der Waals surface area contributed by atoms with Crippen molar-refractivity contribution in [2.45, 2.75) is 232 Å². The van der Waals surface area contributed by atoms with E-state index < -0.39 is 6.10 Å². The molecule has 0 aromatic rings. The Morgan fingerprint density at radius 2 is 0.562 bits per heavy atom. The number of unbranched alkanes of at least 4 members (excludes halogenated alkanes) is 13. The van der Waals surface area contributed by atoms with Crippen molar-refractivity contribution in [3.63, 3.8) is 0 Å². The second-order valence-corrected chi connectivity index (χ2v) is 18.5. The molecule has 1 atom stereocenters. The van der Waals surface area contributed by atoms with Crippen molar-refractivity contribution in [1.29, 1.82) is 0 Å². The first-order valence-electron chi connectivity index (χ1n) is 29.0. The van der Waals surface area contributed by atoms with Crippen LogP contribution in [0.2, 0.25) is 0 Å². The van der Waals surface area contributed by atoms with Crippen LogP contribution in [0.3, 0.4) is 0 Å². The van der Waals surface area contributed by atoms with E-state index in [1.54, 1.807) is 0 Å². The summed E-state index contributed by atoms with van der Waals surface area (Å²) in [5.74, 6) is -1.08. The number of hydrogen-bond donors (Lipinski definition) is 0. The summed E-state index contributed by atoms with van der Waals surface area (Å²) in [6, 6.07) is 0. The summed E-state index contributed by atoms with van der Waals surface area (Å²) < 4.78 is 16.8. The average molecular weight is 1010 g/mol. The van der Waals surface area contributed by atoms with Crippen molar-refractivity contribution in [2.75, 3.05) is 13.2 Å². The molecule has 408 valence electrons. The molecule has 0 spiro atoms. The Morgan fingerprint density at radius 1 is 0.288 bits per heavy atom. The minimum atomic E-state index is -0.844. The van der Waals surface area contributed by atoms with Crippen LogP contribution in [0.15, 0.2) is 158 Å². The number of hydrogen-bond acceptors (Lipinski definition) is 6. The van der Waals surface area contributed by atoms with Crippen LogP contribution in [0.4, 0.5) is 0 Å². The Labute approximate surface area is 448 Å². The average Bonchev–Trinajstić information content (AvgIpc) is 3.39. The normalized spacial score (nSPS) is 13.3. The van der Waals surface area contributed by atoms with Crippen LogP contribution in [0, 0.1) is 0 Å². The maximum Gasteiger partial charge on any atom is 0.306 e. The van der Waals surface area contributed by atoms with Crippen molar-refractivity contribution in [3.05, 3.63) is 158 Å². The van der Waals surface area contributed by atoms with Crippen molar-refractivity contribution in [3.8, 4) is 0 Å². The van der Waals surface area contributed by atoms with E-state index in [1.165, 1.54) is 51.4 Å². The molecule has 0 aliphatic heterocycles. The zero-order valence-corrected chi connectivity index (χ0v) is 46.6. The molecule has 0 unspecified atom stereocenters. The number of ether oxygens (including phenoxy) is 3. The molecule has 0 amide bonds. The van der Waals surface area contributed by atoms with Crippen molar-refractivity contribution >= 4 is 17.9 Å². The molecule has 6 nitrogen and oxygen atoms in total. The van der Waals surface area contributed by atoms with Gasteiger partial charge in [-0.05, 0) is 141 Å². The summed E-state index contributed by atoms with van der Waals surface area (Å²) in [5.41, 5.74) is 0. The van der Waals surface area contributed by atoms with Crippen molar-refractivity contribution in [1.82, 2.24) is 0 Å². The molecule has 0 radical (unpaired) electrons. The molecule has 73 heavy (non-hydrogen) atoms. The van der Waals surface area contributed by atoms with Crippen molar-refractivity contribution in [2.24, 2.45) is 0 Å². The Hall–Kier alpha value is -4.97. The van der Waals surface area contributed by atoms with Crippen LogP contribution in [-0.4, -0.2) is 37.2 Å². The molecule has 0 N–H and O–H groups in total. The van der Waals surface area contributed by atoms with Crippen LogP contribution in [0.25, 0.3) is 0 Å². The van der Waals surface area contributed by atoms with Gasteiger partial charge in [0.1, 0.15) is 13.2 Å². The van der Waals surface area contributed by atoms with Gasteiger partial charge in [-0.2, -0.15) is 0 Å². The number of rotatable bonds is 50. The highest BCUT2D eigenvalue weighted by molar-refractivity contribution is 5.71. The summed E-state index contributed by atoms with van der Waals surface area (Å²) in [7, 11) is 0. The third-order valence-corrected chi connectivity index (χ3v) is 11.5. The van der Waals surface area contributed by atoms with Gasteiger partial charge in [-0.3, -0.25) is 14.4 Å². The Kier molecular flexibility index (Phi) is 55.5. The monoisotopic (exact) mass is 1000 g/mol. The van der Waals surface area contributed by atoms with Crippen LogP contribution < -0.4 is 0 Å². The minimum Gasteiger partial charge on any atom is -0.462 e. The van der Waals surface area contributed by atoms with Gasteiger partial charge in [0.2, 0.25) is 0 Å². The lowest BCUT2D eigenvalue weighted by Gasteiger charge is -2.18. The van der Waals surface area contributed by atoms with Crippen LogP contribution >= 0.6 is 0 Å². The summed E-state index contributed by atoms with van der Waals surface area (Å²) >= 11 is 0. The van der Waals surface area contributed by atoms with E-state index in [0.29, 0.717) is 19.3 Å². The molecule has 6 heteroatoms. The third-order valence-electron chi connectivity index (χ3n) is 11.5. The first-order chi connectivity index (χ1) is 36.0. The summed E-state index contributed by atoms with van der Waals surface area (Å²) in [5, 5.41) is 0. The summed E-state index contributed by atoms with van der Waals surface area (Å²) in [6.45, 7) is 6.34. The topological polar surface area (TPSA) is 78.9 Å². The van der Waals surface area contributed by atoms with E-state index in [-0.39, 0.29) is 44.0 Å². The van der Waals surface area contributed by atoms with Crippen molar-refractivity contribution < 1.29 is 28.6 Å². The first-order valence-corrected chi connectivity index (χ1v) is 29.0. The fourth-order valence-corrected chi connectivity index (χ4v) is 7.16. The van der Waals surface area contributed by atoms with E-state index in [4.69, 9.17) is 14.2 Å². The molecular formula is C67H104O6. The minimum absolute atomic E-state index is 0.133. The standard InChI is InChI=1S/C67H104O6/c1-4-7-10-13-16-19-22-25-28-31-33-36-39-42-45-48-51-54-57-60-66(69)72-63-64(62-71-65(68)59-56-53-50-47-44-41-38-35-30-27-24-21-18-15-12-9-6-3)73-67(70)61-58-55-52-49-46-43-40-37-34-32-29-26-23-20-17-14-11-8-5-2/h7,10,16-21,25-30,33-34,36-38,41-43,45-46,51,54,64H,4-6,8-9,11-15,22-24,31-32,35,39-40,44,47-50,52-53,55-63H2,1-3H3/b10-7+,19-16+,20-17+,21-18+,28-25+,29-26+,30-27+,36-33+,37-34+,41-38+,45-42+,46-43+,54-51+/t64-/m1/s1. The highest BCUT2D eigenvalue weighted by Gasteiger charge is 2.19. The van der Waals surface area contributed by atoms with Gasteiger partial charge in [-0.25, -0.2) is 0 Å². The van der Waals surface area contributed by atoms with Gasteiger partial charge in [0, 0.05) is 19.3 Å². The van der Waals surface area contributed by atoms with Gasteiger partial charge in [0.25, 0.3) is 0 Å². The van der Waals surface area contributed by atoms with E-state index in [1.807, 2.05) is 12.2 Å². The van der Waals surface area contributed by atoms with Crippen LogP contribution in [0.5, 0.6) is 0 Å². The molecule has 0 rings (SSSR count). The first kappa shape index (κ1) is 68.0. The van der Waals surface area contributed by atoms with Crippen LogP contribution in [0.1, 0.15) is 226 Å². The Morgan fingerprint density at radius 3 is 0.918 bits per heavy atom. The molecular weight excluding hydrogens is 901 g/mol. The second-order valence-electron chi connectivity index (χ2n) is 18.5. The molecule has 0 bridgehead atoms. The highest BCUT2D eigenvalue weighted by Crippen LogP contribution is 2.11. The smallest absolute Gasteiger partial charge is 0.306 e. The maximum atomic E-state index is 12.9. The summed E-state index contributed by atoms with van der Waals surface area (Å²) in [4.78, 5) is 38.2. The van der Waals surface area contributed by atoms with Gasteiger partial charge >= 0.3 is 17.9 Å². The lowest BCUT2D eigenvalue weighted by Crippen LogP contribution is -2.30. The predicted octanol–water partition coefficient (Wildman–Crippen LogP) is 19.8. The summed E-state index contributed by atoms with van der Waals surface area (Å²) in [6.07, 6.45) is 86.7. The zero-order chi connectivity index (χ0) is 52.9. The highest BCUT2D eigenvalue weighted by atomic mass is 16.6. The molecule has 0 saturated carbocycles. The molecule has 0 aromatic heterocycles. The zero-order valence-electron chi connectivity index (χ0n) is 46.6. The predicted molar refractivity (Wildman–Crippen MR) is 315 cm³/mol. The van der Waals surface area contributed by atoms with E-state index >= 15 is 0 Å². The SMILES string of the molecule is CC/C=C/C/C=C/C/C=C/C/C=C/C/C=C/C/C=C/CCC(=O)OC[C@@H](COC(=O)CCCCCC/C=C/C/C=C/C/C=C/CCCCC)OC(=O)CCCCC/C=C/C/C=C/C/C=C/C/C=C/CCCCC. The van der Waals surface area contributed by atoms with Gasteiger partial charge in [0.05, 0.1) is 0 Å². The van der Waals surface area contributed by atoms with Gasteiger partial charge < -0.3 is 14.2 Å². The van der Waals surface area contributed by atoms with E-state index in [9.17, 15) is 14.4 Å². The third kappa shape index (κ3) is 57.8. The number of allylic oxidation sites excluding steroid dienone is 26. The van der Waals surface area contributed by atoms with E-state index in [2.05, 4.69) is 167 Å². The number of esters is 3. The Balaban J connectivity index is 4.64. The molecule has 0 heterocycles. The lowest BCUT2D eigenvalue weighted by atomic mass is 10.1. The fraction of sp³-hybridized carbons (Fsp3) is 0.567. The quantitative estimate of drug-likeness (QED) is 0.0261. The van der Waals surface area contributed by atoms with Gasteiger partial charge in [0.15, 0.2) is 6.10 Å². The Bertz CT molecular complexity index is 1670. The number of carbonyl (C=O) groups is 3. The fourth-order valence-electron chi connectivity index (χ4n) is 7.16. The van der Waals surface area contributed by atoms with Gasteiger partial charge in [-0.15, -0.1) is 0 Å². The lowest BCUT2D eigenvalue weighted by molar-refractivity contribution is -0.166. The molecule has 0 aliphatic rings. The molecule has 0 aliphatic carbocycles. The number of carbonyl (C=O) groups excluding carboxylic acids is 3. The molecule has 0 saturated heterocycles. The van der Waals surface area contributed by atoms with Crippen LogP contribution in [-0.2, 0) is 28.6 Å². The maximum absolute atomic E-state index is 12.9. The second kappa shape index (κ2) is 59.6. The molecule has 0 fully saturated rings. The molecule has 0 aromatic carbocycles. The largest absolute Gasteiger partial charge is 0.462 e.